The summed E-state index contributed by atoms with van der Waals surface area (Å²) in [5.41, 5.74) is 0.991. The van der Waals surface area contributed by atoms with Crippen LogP contribution in [0.4, 0.5) is 0 Å². The minimum atomic E-state index is -0.554. The predicted octanol–water partition coefficient (Wildman–Crippen LogP) is 3.19. The number of hydrogen-bond acceptors (Lipinski definition) is 1. The lowest BCUT2D eigenvalue weighted by molar-refractivity contribution is 0.756. The summed E-state index contributed by atoms with van der Waals surface area (Å²) in [6.45, 7) is 0.581. The molecule has 0 aliphatic carbocycles. The first-order valence-electron chi connectivity index (χ1n) is 3.45. The van der Waals surface area contributed by atoms with Crippen molar-refractivity contribution in [2.45, 2.75) is 11.5 Å². The molecule has 1 aromatic carbocycles. The van der Waals surface area contributed by atoms with E-state index in [1.165, 1.54) is 0 Å². The average Bonchev–Trinajstić information content (AvgIpc) is 2.03. The Labute approximate surface area is 86.6 Å². The summed E-state index contributed by atoms with van der Waals surface area (Å²) in [6, 6.07) is 7.55. The fourth-order valence-electron chi connectivity index (χ4n) is 0.829. The number of halogens is 3. The molecule has 0 atom stereocenters. The molecule has 0 fully saturated rings. The Balaban J connectivity index is 2.57. The van der Waals surface area contributed by atoms with Gasteiger partial charge in [0.05, 0.1) is 0 Å². The maximum absolute atomic E-state index is 5.88. The summed E-state index contributed by atoms with van der Waals surface area (Å²) in [5, 5.41) is 3.57. The van der Waals surface area contributed by atoms with Gasteiger partial charge in [-0.15, -0.1) is 0 Å². The predicted molar refractivity (Wildman–Crippen MR) is 53.8 cm³/mol. The lowest BCUT2D eigenvalue weighted by Crippen LogP contribution is -2.17. The number of rotatable bonds is 3. The molecule has 0 heterocycles. The van der Waals surface area contributed by atoms with Crippen molar-refractivity contribution in [1.82, 2.24) is 5.32 Å². The van der Waals surface area contributed by atoms with E-state index in [1.54, 1.807) is 0 Å². The summed E-state index contributed by atoms with van der Waals surface area (Å²) < 4.78 is 0. The van der Waals surface area contributed by atoms with E-state index >= 15 is 0 Å². The van der Waals surface area contributed by atoms with Crippen LogP contribution in [-0.4, -0.2) is 4.96 Å². The molecule has 0 aromatic heterocycles. The fourth-order valence-corrected chi connectivity index (χ4v) is 1.19. The highest BCUT2D eigenvalue weighted by Crippen LogP contribution is 2.14. The molecular formula is C8H8Cl3N. The highest BCUT2D eigenvalue weighted by Gasteiger charge is 2.00. The van der Waals surface area contributed by atoms with E-state index in [0.717, 1.165) is 10.6 Å². The third kappa shape index (κ3) is 3.20. The quantitative estimate of drug-likeness (QED) is 0.614. The van der Waals surface area contributed by atoms with Crippen LogP contribution in [0.1, 0.15) is 5.56 Å². The summed E-state index contributed by atoms with van der Waals surface area (Å²) in [5.74, 6) is 0. The second-order valence-electron chi connectivity index (χ2n) is 2.27. The number of hydrogen-bond donors (Lipinski definition) is 1. The summed E-state index contributed by atoms with van der Waals surface area (Å²) in [4.78, 5) is -0.554. The Morgan fingerprint density at radius 1 is 1.25 bits per heavy atom. The van der Waals surface area contributed by atoms with Gasteiger partial charge >= 0.3 is 0 Å². The van der Waals surface area contributed by atoms with Crippen LogP contribution in [0.2, 0.25) is 5.02 Å². The zero-order chi connectivity index (χ0) is 8.97. The molecule has 0 unspecified atom stereocenters. The van der Waals surface area contributed by atoms with Gasteiger partial charge in [0, 0.05) is 11.6 Å². The minimum Gasteiger partial charge on any atom is -0.285 e. The van der Waals surface area contributed by atoms with Crippen LogP contribution in [0.25, 0.3) is 0 Å². The lowest BCUT2D eigenvalue weighted by Gasteiger charge is -2.05. The standard InChI is InChI=1S/C8H8Cl3N/c9-7-4-2-1-3-6(7)5-12-8(10)11/h1-4,8,12H,5H2. The molecule has 0 saturated carbocycles. The average molecular weight is 225 g/mol. The van der Waals surface area contributed by atoms with Gasteiger partial charge in [0.2, 0.25) is 0 Å². The van der Waals surface area contributed by atoms with Gasteiger partial charge in [-0.25, -0.2) is 0 Å². The maximum atomic E-state index is 5.88. The zero-order valence-corrected chi connectivity index (χ0v) is 8.50. The molecule has 4 heteroatoms. The highest BCUT2D eigenvalue weighted by atomic mass is 35.5. The molecule has 0 saturated heterocycles. The van der Waals surface area contributed by atoms with Crippen molar-refractivity contribution in [3.05, 3.63) is 34.9 Å². The van der Waals surface area contributed by atoms with Crippen molar-refractivity contribution in [2.75, 3.05) is 0 Å². The van der Waals surface area contributed by atoms with Gasteiger partial charge in [-0.3, -0.25) is 5.32 Å². The normalized spacial score (nSPS) is 10.7. The SMILES string of the molecule is Clc1ccccc1CNC(Cl)Cl. The van der Waals surface area contributed by atoms with Crippen molar-refractivity contribution in [3.8, 4) is 0 Å². The van der Waals surface area contributed by atoms with E-state index < -0.39 is 4.96 Å². The van der Waals surface area contributed by atoms with Gasteiger partial charge in [0.15, 0.2) is 4.96 Å². The first kappa shape index (κ1) is 10.1. The van der Waals surface area contributed by atoms with Gasteiger partial charge in [-0.2, -0.15) is 0 Å². The van der Waals surface area contributed by atoms with Crippen LogP contribution >= 0.6 is 34.8 Å². The van der Waals surface area contributed by atoms with Gasteiger partial charge < -0.3 is 0 Å². The third-order valence-electron chi connectivity index (χ3n) is 1.40. The van der Waals surface area contributed by atoms with Gasteiger partial charge in [-0.1, -0.05) is 53.0 Å². The Hall–Kier alpha value is 0.0500. The van der Waals surface area contributed by atoms with Crippen LogP contribution in [0.3, 0.4) is 0 Å². The number of benzene rings is 1. The van der Waals surface area contributed by atoms with E-state index in [4.69, 9.17) is 34.8 Å². The molecule has 0 spiro atoms. The van der Waals surface area contributed by atoms with Crippen molar-refractivity contribution < 1.29 is 0 Å². The smallest absolute Gasteiger partial charge is 0.158 e. The lowest BCUT2D eigenvalue weighted by atomic mass is 10.2. The molecule has 0 aliphatic rings. The Morgan fingerprint density at radius 3 is 2.50 bits per heavy atom. The van der Waals surface area contributed by atoms with E-state index in [2.05, 4.69) is 5.32 Å². The third-order valence-corrected chi connectivity index (χ3v) is 2.08. The molecule has 12 heavy (non-hydrogen) atoms. The fraction of sp³-hybridized carbons (Fsp3) is 0.250. The largest absolute Gasteiger partial charge is 0.285 e. The molecule has 1 rings (SSSR count). The van der Waals surface area contributed by atoms with E-state index in [9.17, 15) is 0 Å². The highest BCUT2D eigenvalue weighted by molar-refractivity contribution is 6.43. The number of nitrogens with one attached hydrogen (secondary N) is 1. The van der Waals surface area contributed by atoms with Crippen molar-refractivity contribution in [1.29, 1.82) is 0 Å². The molecule has 66 valence electrons. The summed E-state index contributed by atoms with van der Waals surface area (Å²) in [6.07, 6.45) is 0. The molecule has 1 N–H and O–H groups in total. The summed E-state index contributed by atoms with van der Waals surface area (Å²) >= 11 is 16.9. The second kappa shape index (κ2) is 4.93. The van der Waals surface area contributed by atoms with Crippen molar-refractivity contribution in [2.24, 2.45) is 0 Å². The monoisotopic (exact) mass is 223 g/mol. The molecule has 0 aliphatic heterocycles. The second-order valence-corrected chi connectivity index (χ2v) is 3.78. The first-order chi connectivity index (χ1) is 5.70. The van der Waals surface area contributed by atoms with E-state index in [0.29, 0.717) is 6.54 Å². The van der Waals surface area contributed by atoms with Gasteiger partial charge in [-0.05, 0) is 11.6 Å². The van der Waals surface area contributed by atoms with E-state index in [1.807, 2.05) is 24.3 Å². The van der Waals surface area contributed by atoms with Crippen LogP contribution in [0.5, 0.6) is 0 Å². The van der Waals surface area contributed by atoms with Crippen molar-refractivity contribution in [3.63, 3.8) is 0 Å². The first-order valence-corrected chi connectivity index (χ1v) is 4.70. The topological polar surface area (TPSA) is 12.0 Å². The molecule has 1 nitrogen and oxygen atoms in total. The summed E-state index contributed by atoms with van der Waals surface area (Å²) in [7, 11) is 0. The molecule has 0 bridgehead atoms. The van der Waals surface area contributed by atoms with Gasteiger partial charge in [0.25, 0.3) is 0 Å². The molecule has 0 radical (unpaired) electrons. The van der Waals surface area contributed by atoms with Crippen molar-refractivity contribution >= 4 is 34.8 Å². The van der Waals surface area contributed by atoms with Crippen LogP contribution in [0.15, 0.2) is 24.3 Å². The number of alkyl halides is 2. The zero-order valence-electron chi connectivity index (χ0n) is 6.23. The molecule has 1 aromatic rings. The Morgan fingerprint density at radius 2 is 1.92 bits per heavy atom. The maximum Gasteiger partial charge on any atom is 0.158 e. The van der Waals surface area contributed by atoms with Crippen LogP contribution < -0.4 is 5.32 Å². The van der Waals surface area contributed by atoms with Crippen LogP contribution in [0, 0.1) is 0 Å². The molecule has 0 amide bonds. The van der Waals surface area contributed by atoms with Gasteiger partial charge in [0.1, 0.15) is 0 Å². The molecular weight excluding hydrogens is 216 g/mol. The minimum absolute atomic E-state index is 0.554. The Bertz CT molecular complexity index is 250. The Kier molecular flexibility index (Phi) is 4.16. The van der Waals surface area contributed by atoms with E-state index in [-0.39, 0.29) is 0 Å². The van der Waals surface area contributed by atoms with Crippen LogP contribution in [-0.2, 0) is 6.54 Å².